The van der Waals surface area contributed by atoms with E-state index in [1.807, 2.05) is 11.4 Å². The van der Waals surface area contributed by atoms with Crippen LogP contribution in [0.2, 0.25) is 0 Å². The second-order valence-corrected chi connectivity index (χ2v) is 4.01. The topological polar surface area (TPSA) is 57.0 Å². The van der Waals surface area contributed by atoms with E-state index >= 15 is 0 Å². The number of ether oxygens (including phenoxy) is 1. The predicted octanol–water partition coefficient (Wildman–Crippen LogP) is 1.43. The molecule has 16 heavy (non-hydrogen) atoms. The molecule has 0 saturated heterocycles. The van der Waals surface area contributed by atoms with Crippen molar-refractivity contribution in [2.24, 2.45) is 0 Å². The molecule has 2 aromatic heterocycles. The van der Waals surface area contributed by atoms with Crippen molar-refractivity contribution in [1.29, 1.82) is 0 Å². The molecule has 2 heterocycles. The van der Waals surface area contributed by atoms with Crippen molar-refractivity contribution in [3.05, 3.63) is 29.5 Å². The van der Waals surface area contributed by atoms with E-state index in [1.54, 1.807) is 17.1 Å². The third-order valence-corrected chi connectivity index (χ3v) is 2.73. The van der Waals surface area contributed by atoms with E-state index < -0.39 is 0 Å². The highest BCUT2D eigenvalue weighted by atomic mass is 32.1. The summed E-state index contributed by atoms with van der Waals surface area (Å²) in [6.45, 7) is 1.77. The first-order chi connectivity index (χ1) is 7.77. The fourth-order valence-corrected chi connectivity index (χ4v) is 1.94. The molecule has 0 aromatic carbocycles. The summed E-state index contributed by atoms with van der Waals surface area (Å²) in [5, 5.41) is 6.90. The van der Waals surface area contributed by atoms with E-state index in [4.69, 9.17) is 4.74 Å². The number of aromatic nitrogens is 3. The van der Waals surface area contributed by atoms with Gasteiger partial charge in [0, 0.05) is 31.1 Å². The van der Waals surface area contributed by atoms with Crippen molar-refractivity contribution >= 4 is 17.3 Å². The first kappa shape index (κ1) is 10.8. The highest BCUT2D eigenvalue weighted by Crippen LogP contribution is 2.13. The summed E-state index contributed by atoms with van der Waals surface area (Å²) in [7, 11) is 0. The van der Waals surface area contributed by atoms with E-state index in [0.717, 1.165) is 10.8 Å². The number of hydrogen-bond donors (Lipinski definition) is 0. The van der Waals surface area contributed by atoms with Gasteiger partial charge in [-0.25, -0.2) is 9.67 Å². The summed E-state index contributed by atoms with van der Waals surface area (Å²) in [5.41, 5.74) is 0.983. The van der Waals surface area contributed by atoms with Gasteiger partial charge in [0.2, 0.25) is 5.13 Å². The first-order valence-electron chi connectivity index (χ1n) is 4.83. The zero-order valence-corrected chi connectivity index (χ0v) is 9.61. The van der Waals surface area contributed by atoms with Crippen LogP contribution in [0.3, 0.4) is 0 Å². The van der Waals surface area contributed by atoms with Crippen LogP contribution in [-0.2, 0) is 16.0 Å². The van der Waals surface area contributed by atoms with Crippen LogP contribution in [0.25, 0.3) is 5.13 Å². The molecule has 2 aromatic rings. The Morgan fingerprint density at radius 3 is 3.12 bits per heavy atom. The normalized spacial score (nSPS) is 10.3. The summed E-state index contributed by atoms with van der Waals surface area (Å²) < 4.78 is 6.65. The first-order valence-corrected chi connectivity index (χ1v) is 5.71. The Labute approximate surface area is 96.7 Å². The molecule has 0 aliphatic heterocycles. The van der Waals surface area contributed by atoms with E-state index in [0.29, 0.717) is 13.0 Å². The van der Waals surface area contributed by atoms with Crippen molar-refractivity contribution in [1.82, 2.24) is 14.8 Å². The standard InChI is InChI=1S/C10H11N3O2S/c1-8(14)15-6-3-9-2-4-12-13(9)10-11-5-7-16-10/h2,4-5,7H,3,6H2,1H3. The number of thiazole rings is 1. The number of esters is 1. The Morgan fingerprint density at radius 2 is 2.44 bits per heavy atom. The zero-order valence-electron chi connectivity index (χ0n) is 8.79. The average Bonchev–Trinajstić information content (AvgIpc) is 2.84. The van der Waals surface area contributed by atoms with Crippen molar-refractivity contribution < 1.29 is 9.53 Å². The average molecular weight is 237 g/mol. The molecule has 0 saturated carbocycles. The van der Waals surface area contributed by atoms with Crippen LogP contribution in [0.15, 0.2) is 23.8 Å². The van der Waals surface area contributed by atoms with Gasteiger partial charge in [-0.05, 0) is 6.07 Å². The van der Waals surface area contributed by atoms with Gasteiger partial charge in [-0.3, -0.25) is 4.79 Å². The number of carbonyl (C=O) groups is 1. The maximum Gasteiger partial charge on any atom is 0.302 e. The number of hydrogen-bond acceptors (Lipinski definition) is 5. The van der Waals surface area contributed by atoms with Gasteiger partial charge in [-0.1, -0.05) is 0 Å². The van der Waals surface area contributed by atoms with Gasteiger partial charge in [0.05, 0.1) is 12.3 Å². The molecule has 0 radical (unpaired) electrons. The van der Waals surface area contributed by atoms with E-state index in [2.05, 4.69) is 10.1 Å². The molecule has 0 bridgehead atoms. The molecule has 0 spiro atoms. The lowest BCUT2D eigenvalue weighted by Gasteiger charge is -2.04. The summed E-state index contributed by atoms with van der Waals surface area (Å²) in [6, 6.07) is 1.89. The fraction of sp³-hybridized carbons (Fsp3) is 0.300. The van der Waals surface area contributed by atoms with Gasteiger partial charge in [0.25, 0.3) is 0 Å². The third kappa shape index (κ3) is 2.46. The second kappa shape index (κ2) is 4.89. The fourth-order valence-electron chi connectivity index (χ4n) is 1.31. The maximum atomic E-state index is 10.6. The van der Waals surface area contributed by atoms with Crippen LogP contribution < -0.4 is 0 Å². The monoisotopic (exact) mass is 237 g/mol. The lowest BCUT2D eigenvalue weighted by molar-refractivity contribution is -0.140. The lowest BCUT2D eigenvalue weighted by Crippen LogP contribution is -2.07. The second-order valence-electron chi connectivity index (χ2n) is 3.14. The van der Waals surface area contributed by atoms with Crippen molar-refractivity contribution in [2.45, 2.75) is 13.3 Å². The molecular formula is C10H11N3O2S. The Bertz CT molecular complexity index is 464. The van der Waals surface area contributed by atoms with Gasteiger partial charge in [0.15, 0.2) is 0 Å². The van der Waals surface area contributed by atoms with E-state index in [-0.39, 0.29) is 5.97 Å². The quantitative estimate of drug-likeness (QED) is 0.755. The lowest BCUT2D eigenvalue weighted by atomic mass is 10.3. The highest BCUT2D eigenvalue weighted by Gasteiger charge is 2.07. The SMILES string of the molecule is CC(=O)OCCc1ccnn1-c1nccs1. The molecule has 0 atom stereocenters. The molecular weight excluding hydrogens is 226 g/mol. The van der Waals surface area contributed by atoms with Crippen LogP contribution in [0.5, 0.6) is 0 Å². The van der Waals surface area contributed by atoms with Gasteiger partial charge >= 0.3 is 5.97 Å². The van der Waals surface area contributed by atoms with E-state index in [9.17, 15) is 4.79 Å². The van der Waals surface area contributed by atoms with Crippen LogP contribution in [-0.4, -0.2) is 27.3 Å². The molecule has 0 aliphatic carbocycles. The van der Waals surface area contributed by atoms with Crippen molar-refractivity contribution in [3.63, 3.8) is 0 Å². The zero-order chi connectivity index (χ0) is 11.4. The van der Waals surface area contributed by atoms with Crippen LogP contribution in [0, 0.1) is 0 Å². The van der Waals surface area contributed by atoms with Gasteiger partial charge < -0.3 is 4.74 Å². The minimum atomic E-state index is -0.264. The summed E-state index contributed by atoms with van der Waals surface area (Å²) in [6.07, 6.45) is 4.08. The minimum Gasteiger partial charge on any atom is -0.465 e. The van der Waals surface area contributed by atoms with Gasteiger partial charge in [-0.2, -0.15) is 5.10 Å². The molecule has 84 valence electrons. The highest BCUT2D eigenvalue weighted by molar-refractivity contribution is 7.12. The maximum absolute atomic E-state index is 10.6. The molecule has 2 rings (SSSR count). The molecule has 0 fully saturated rings. The van der Waals surface area contributed by atoms with E-state index in [1.165, 1.54) is 18.3 Å². The molecule has 0 amide bonds. The largest absolute Gasteiger partial charge is 0.465 e. The molecule has 0 N–H and O–H groups in total. The minimum absolute atomic E-state index is 0.264. The Kier molecular flexibility index (Phi) is 3.31. The molecule has 0 unspecified atom stereocenters. The van der Waals surface area contributed by atoms with Crippen LogP contribution in [0.4, 0.5) is 0 Å². The van der Waals surface area contributed by atoms with Gasteiger partial charge in [-0.15, -0.1) is 11.3 Å². The third-order valence-electron chi connectivity index (χ3n) is 1.99. The number of rotatable bonds is 4. The number of nitrogens with zero attached hydrogens (tertiary/aromatic N) is 3. The molecule has 6 heteroatoms. The van der Waals surface area contributed by atoms with Gasteiger partial charge in [0.1, 0.15) is 0 Å². The predicted molar refractivity (Wildman–Crippen MR) is 59.6 cm³/mol. The Hall–Kier alpha value is -1.69. The Morgan fingerprint density at radius 1 is 1.56 bits per heavy atom. The Balaban J connectivity index is 2.05. The van der Waals surface area contributed by atoms with Crippen molar-refractivity contribution in [3.8, 4) is 5.13 Å². The molecule has 0 aliphatic rings. The summed E-state index contributed by atoms with van der Waals surface area (Å²) >= 11 is 1.52. The van der Waals surface area contributed by atoms with Crippen molar-refractivity contribution in [2.75, 3.05) is 6.61 Å². The summed E-state index contributed by atoms with van der Waals surface area (Å²) in [5.74, 6) is -0.264. The number of carbonyl (C=O) groups excluding carboxylic acids is 1. The molecule has 5 nitrogen and oxygen atoms in total. The summed E-state index contributed by atoms with van der Waals surface area (Å²) in [4.78, 5) is 14.8. The van der Waals surface area contributed by atoms with Crippen LogP contribution >= 0.6 is 11.3 Å². The smallest absolute Gasteiger partial charge is 0.302 e. The van der Waals surface area contributed by atoms with Crippen LogP contribution in [0.1, 0.15) is 12.6 Å².